The number of benzene rings is 1. The molecule has 0 saturated heterocycles. The Kier molecular flexibility index (Phi) is 6.40. The van der Waals surface area contributed by atoms with Crippen LogP contribution in [0.4, 0.5) is 0 Å². The van der Waals surface area contributed by atoms with Gasteiger partial charge in [-0.2, -0.15) is 0 Å². The van der Waals surface area contributed by atoms with Gasteiger partial charge in [0.15, 0.2) is 6.10 Å². The Morgan fingerprint density at radius 1 is 1.26 bits per heavy atom. The highest BCUT2D eigenvalue weighted by molar-refractivity contribution is 5.72. The molecule has 0 fully saturated rings. The molecule has 0 bridgehead atoms. The SMILES string of the molecule is CCCCC(Oc1ccc(C(C)CC)cc1)C(=O)O. The lowest BCUT2D eigenvalue weighted by molar-refractivity contribution is -0.145. The number of hydrogen-bond donors (Lipinski definition) is 1. The molecule has 1 aromatic rings. The summed E-state index contributed by atoms with van der Waals surface area (Å²) in [5, 5.41) is 9.12. The molecule has 0 heterocycles. The molecule has 3 nitrogen and oxygen atoms in total. The van der Waals surface area contributed by atoms with Gasteiger partial charge in [-0.15, -0.1) is 0 Å². The summed E-state index contributed by atoms with van der Waals surface area (Å²) < 4.78 is 5.55. The molecule has 0 aliphatic carbocycles. The summed E-state index contributed by atoms with van der Waals surface area (Å²) in [6.07, 6.45) is 2.74. The van der Waals surface area contributed by atoms with Crippen LogP contribution in [0, 0.1) is 0 Å². The highest BCUT2D eigenvalue weighted by Crippen LogP contribution is 2.22. The van der Waals surface area contributed by atoms with Crippen LogP contribution in [0.1, 0.15) is 57.9 Å². The number of ether oxygens (including phenoxy) is 1. The number of carboxylic acid groups (broad SMARTS) is 1. The van der Waals surface area contributed by atoms with E-state index in [2.05, 4.69) is 13.8 Å². The van der Waals surface area contributed by atoms with Crippen molar-refractivity contribution in [3.05, 3.63) is 29.8 Å². The van der Waals surface area contributed by atoms with Crippen molar-refractivity contribution in [2.45, 2.75) is 58.5 Å². The van der Waals surface area contributed by atoms with Crippen molar-refractivity contribution in [1.29, 1.82) is 0 Å². The first-order chi connectivity index (χ1) is 9.08. The maximum atomic E-state index is 11.1. The molecule has 1 N–H and O–H groups in total. The fraction of sp³-hybridized carbons (Fsp3) is 0.562. The van der Waals surface area contributed by atoms with Crippen molar-refractivity contribution in [2.75, 3.05) is 0 Å². The van der Waals surface area contributed by atoms with Gasteiger partial charge in [0.2, 0.25) is 0 Å². The standard InChI is InChI=1S/C16H24O3/c1-4-6-7-15(16(17)18)19-14-10-8-13(9-11-14)12(3)5-2/h8-12,15H,4-7H2,1-3H3,(H,17,18). The molecule has 0 aliphatic heterocycles. The van der Waals surface area contributed by atoms with Gasteiger partial charge >= 0.3 is 5.97 Å². The van der Waals surface area contributed by atoms with Gasteiger partial charge in [0.1, 0.15) is 5.75 Å². The lowest BCUT2D eigenvalue weighted by atomic mass is 9.99. The van der Waals surface area contributed by atoms with Gasteiger partial charge in [-0.05, 0) is 42.9 Å². The molecule has 0 amide bonds. The average Bonchev–Trinajstić information content (AvgIpc) is 2.43. The Balaban J connectivity index is 2.66. The zero-order chi connectivity index (χ0) is 14.3. The Labute approximate surface area is 115 Å². The first-order valence-corrected chi connectivity index (χ1v) is 7.07. The normalized spacial score (nSPS) is 13.8. The number of hydrogen-bond acceptors (Lipinski definition) is 2. The van der Waals surface area contributed by atoms with Crippen LogP contribution >= 0.6 is 0 Å². The van der Waals surface area contributed by atoms with Crippen LogP contribution in [0.5, 0.6) is 5.75 Å². The predicted octanol–water partition coefficient (Wildman–Crippen LogP) is 4.22. The summed E-state index contributed by atoms with van der Waals surface area (Å²) in [5.41, 5.74) is 1.26. The fourth-order valence-corrected chi connectivity index (χ4v) is 1.90. The van der Waals surface area contributed by atoms with Gasteiger partial charge in [-0.25, -0.2) is 4.79 Å². The van der Waals surface area contributed by atoms with Crippen LogP contribution < -0.4 is 4.74 Å². The molecule has 2 unspecified atom stereocenters. The number of carboxylic acids is 1. The first-order valence-electron chi connectivity index (χ1n) is 7.07. The van der Waals surface area contributed by atoms with E-state index in [1.165, 1.54) is 5.56 Å². The van der Waals surface area contributed by atoms with Crippen LogP contribution in [0.25, 0.3) is 0 Å². The smallest absolute Gasteiger partial charge is 0.344 e. The topological polar surface area (TPSA) is 46.5 Å². The zero-order valence-corrected chi connectivity index (χ0v) is 12.1. The Morgan fingerprint density at radius 3 is 2.37 bits per heavy atom. The number of unbranched alkanes of at least 4 members (excludes halogenated alkanes) is 1. The van der Waals surface area contributed by atoms with Crippen LogP contribution in [0.3, 0.4) is 0 Å². The van der Waals surface area contributed by atoms with Crippen molar-refractivity contribution in [2.24, 2.45) is 0 Å². The second kappa shape index (κ2) is 7.82. The van der Waals surface area contributed by atoms with Crippen molar-refractivity contribution in [3.8, 4) is 5.75 Å². The number of carbonyl (C=O) groups is 1. The highest BCUT2D eigenvalue weighted by atomic mass is 16.5. The molecule has 1 aromatic carbocycles. The highest BCUT2D eigenvalue weighted by Gasteiger charge is 2.18. The quantitative estimate of drug-likeness (QED) is 0.764. The van der Waals surface area contributed by atoms with Gasteiger partial charge < -0.3 is 9.84 Å². The van der Waals surface area contributed by atoms with Crippen LogP contribution in [-0.2, 0) is 4.79 Å². The van der Waals surface area contributed by atoms with Gasteiger partial charge in [0.05, 0.1) is 0 Å². The van der Waals surface area contributed by atoms with Gasteiger partial charge in [0.25, 0.3) is 0 Å². The summed E-state index contributed by atoms with van der Waals surface area (Å²) in [4.78, 5) is 11.1. The fourth-order valence-electron chi connectivity index (χ4n) is 1.90. The molecular weight excluding hydrogens is 240 g/mol. The van der Waals surface area contributed by atoms with E-state index in [0.717, 1.165) is 19.3 Å². The van der Waals surface area contributed by atoms with Crippen molar-refractivity contribution in [1.82, 2.24) is 0 Å². The minimum absolute atomic E-state index is 0.518. The average molecular weight is 264 g/mol. The van der Waals surface area contributed by atoms with E-state index in [1.807, 2.05) is 31.2 Å². The molecule has 0 aromatic heterocycles. The van der Waals surface area contributed by atoms with Gasteiger partial charge in [0, 0.05) is 0 Å². The summed E-state index contributed by atoms with van der Waals surface area (Å²) in [6.45, 7) is 6.37. The molecule has 1 rings (SSSR count). The molecule has 19 heavy (non-hydrogen) atoms. The minimum atomic E-state index is -0.889. The van der Waals surface area contributed by atoms with Crippen molar-refractivity contribution in [3.63, 3.8) is 0 Å². The zero-order valence-electron chi connectivity index (χ0n) is 12.1. The summed E-state index contributed by atoms with van der Waals surface area (Å²) in [6, 6.07) is 7.76. The molecule has 3 heteroatoms. The van der Waals surface area contributed by atoms with E-state index in [1.54, 1.807) is 0 Å². The Bertz CT molecular complexity index is 383. The molecule has 0 saturated carbocycles. The molecule has 2 atom stereocenters. The third kappa shape index (κ3) is 4.93. The predicted molar refractivity (Wildman–Crippen MR) is 76.7 cm³/mol. The van der Waals surface area contributed by atoms with Gasteiger partial charge in [-0.3, -0.25) is 0 Å². The molecule has 0 radical (unpaired) electrons. The van der Waals surface area contributed by atoms with E-state index < -0.39 is 12.1 Å². The number of aliphatic carboxylic acids is 1. The monoisotopic (exact) mass is 264 g/mol. The van der Waals surface area contributed by atoms with Gasteiger partial charge in [-0.1, -0.05) is 39.3 Å². The van der Waals surface area contributed by atoms with Crippen LogP contribution in [0.2, 0.25) is 0 Å². The maximum Gasteiger partial charge on any atom is 0.344 e. The Morgan fingerprint density at radius 2 is 1.89 bits per heavy atom. The lowest BCUT2D eigenvalue weighted by Gasteiger charge is -2.16. The van der Waals surface area contributed by atoms with Crippen molar-refractivity contribution < 1.29 is 14.6 Å². The summed E-state index contributed by atoms with van der Waals surface area (Å²) in [5.74, 6) is 0.263. The molecule has 106 valence electrons. The second-order valence-electron chi connectivity index (χ2n) is 4.97. The third-order valence-electron chi connectivity index (χ3n) is 3.44. The lowest BCUT2D eigenvalue weighted by Crippen LogP contribution is -2.26. The largest absolute Gasteiger partial charge is 0.479 e. The maximum absolute atomic E-state index is 11.1. The van der Waals surface area contributed by atoms with E-state index in [0.29, 0.717) is 18.1 Å². The van der Waals surface area contributed by atoms with E-state index in [-0.39, 0.29) is 0 Å². The summed E-state index contributed by atoms with van der Waals surface area (Å²) >= 11 is 0. The van der Waals surface area contributed by atoms with Crippen LogP contribution in [0.15, 0.2) is 24.3 Å². The third-order valence-corrected chi connectivity index (χ3v) is 3.44. The van der Waals surface area contributed by atoms with Crippen LogP contribution in [-0.4, -0.2) is 17.2 Å². The molecule has 0 spiro atoms. The number of rotatable bonds is 8. The Hall–Kier alpha value is -1.51. The van der Waals surface area contributed by atoms with E-state index >= 15 is 0 Å². The molecular formula is C16H24O3. The van der Waals surface area contributed by atoms with Crippen molar-refractivity contribution >= 4 is 5.97 Å². The van der Waals surface area contributed by atoms with E-state index in [4.69, 9.17) is 9.84 Å². The van der Waals surface area contributed by atoms with E-state index in [9.17, 15) is 4.79 Å². The minimum Gasteiger partial charge on any atom is -0.479 e. The first kappa shape index (κ1) is 15.5. The second-order valence-corrected chi connectivity index (χ2v) is 4.97. The molecule has 0 aliphatic rings. The summed E-state index contributed by atoms with van der Waals surface area (Å²) in [7, 11) is 0.